The number of nitrogens with zero attached hydrogens (tertiary/aromatic N) is 2. The summed E-state index contributed by atoms with van der Waals surface area (Å²) in [5.41, 5.74) is 7.93. The van der Waals surface area contributed by atoms with Crippen LogP contribution in [0.15, 0.2) is 29.3 Å². The topological polar surface area (TPSA) is 43.3 Å². The summed E-state index contributed by atoms with van der Waals surface area (Å²) in [6.07, 6.45) is 3.77. The monoisotopic (exact) mass is 239 g/mol. The van der Waals surface area contributed by atoms with Crippen molar-refractivity contribution in [1.82, 2.24) is 9.38 Å². The number of hydrogen-bond donors (Lipinski definition) is 1. The molecule has 0 amide bonds. The zero-order chi connectivity index (χ0) is 9.42. The molecular weight excluding hydrogens is 230 g/mol. The Morgan fingerprint density at radius 1 is 1.54 bits per heavy atom. The van der Waals surface area contributed by atoms with Crippen LogP contribution in [0.4, 0.5) is 0 Å². The molecule has 0 fully saturated rings. The largest absolute Gasteiger partial charge is 0.324 e. The molecule has 0 aliphatic carbocycles. The third-order valence-electron chi connectivity index (χ3n) is 2.03. The van der Waals surface area contributed by atoms with E-state index in [9.17, 15) is 0 Å². The number of imidazole rings is 1. The Balaban J connectivity index is 2.63. The summed E-state index contributed by atoms with van der Waals surface area (Å²) in [6, 6.07) is 4.09. The maximum atomic E-state index is 5.77. The minimum Gasteiger partial charge on any atom is -0.324 e. The van der Waals surface area contributed by atoms with E-state index in [-0.39, 0.29) is 6.04 Å². The summed E-state index contributed by atoms with van der Waals surface area (Å²) in [7, 11) is 0. The van der Waals surface area contributed by atoms with Crippen molar-refractivity contribution in [3.63, 3.8) is 0 Å². The summed E-state index contributed by atoms with van der Waals surface area (Å²) >= 11 is 3.37. The van der Waals surface area contributed by atoms with Gasteiger partial charge in [-0.2, -0.15) is 0 Å². The lowest BCUT2D eigenvalue weighted by atomic mass is 10.1. The van der Waals surface area contributed by atoms with E-state index in [1.165, 1.54) is 0 Å². The third kappa shape index (κ3) is 1.47. The smallest absolute Gasteiger partial charge is 0.131 e. The molecule has 0 bridgehead atoms. The molecule has 1 unspecified atom stereocenters. The van der Waals surface area contributed by atoms with E-state index < -0.39 is 0 Å². The highest BCUT2D eigenvalue weighted by atomic mass is 79.9. The van der Waals surface area contributed by atoms with E-state index in [4.69, 9.17) is 5.73 Å². The van der Waals surface area contributed by atoms with E-state index >= 15 is 0 Å². The van der Waals surface area contributed by atoms with Gasteiger partial charge >= 0.3 is 0 Å². The molecule has 2 heterocycles. The number of fused-ring (bicyclic) bond motifs is 1. The average Bonchev–Trinajstić information content (AvgIpc) is 2.47. The molecule has 4 heteroatoms. The van der Waals surface area contributed by atoms with Gasteiger partial charge in [-0.25, -0.2) is 4.98 Å². The van der Waals surface area contributed by atoms with Gasteiger partial charge in [0.15, 0.2) is 0 Å². The molecule has 2 N–H and O–H groups in total. The van der Waals surface area contributed by atoms with E-state index in [0.717, 1.165) is 15.7 Å². The van der Waals surface area contributed by atoms with Gasteiger partial charge in [0, 0.05) is 12.2 Å². The molecule has 0 radical (unpaired) electrons. The van der Waals surface area contributed by atoms with Crippen LogP contribution >= 0.6 is 15.9 Å². The van der Waals surface area contributed by atoms with Crippen LogP contribution in [0.2, 0.25) is 0 Å². The van der Waals surface area contributed by atoms with Crippen LogP contribution in [0.1, 0.15) is 18.5 Å². The lowest BCUT2D eigenvalue weighted by molar-refractivity contribution is 0.808. The number of nitrogens with two attached hydrogens (primary N) is 1. The van der Waals surface area contributed by atoms with Gasteiger partial charge in [0.1, 0.15) is 10.9 Å². The zero-order valence-electron chi connectivity index (χ0n) is 7.24. The van der Waals surface area contributed by atoms with Gasteiger partial charge in [-0.15, -0.1) is 0 Å². The summed E-state index contributed by atoms with van der Waals surface area (Å²) < 4.78 is 2.83. The molecular formula is C9H10BrN3. The molecule has 3 nitrogen and oxygen atoms in total. The molecule has 0 saturated heterocycles. The molecule has 2 aromatic heterocycles. The second-order valence-electron chi connectivity index (χ2n) is 3.08. The van der Waals surface area contributed by atoms with E-state index in [1.807, 2.05) is 29.7 Å². The van der Waals surface area contributed by atoms with Crippen LogP contribution in [-0.4, -0.2) is 9.38 Å². The Hall–Kier alpha value is -0.870. The Morgan fingerprint density at radius 2 is 2.31 bits per heavy atom. The van der Waals surface area contributed by atoms with Crippen molar-refractivity contribution in [3.05, 3.63) is 34.8 Å². The molecule has 0 spiro atoms. The second kappa shape index (κ2) is 3.12. The normalized spacial score (nSPS) is 13.5. The third-order valence-corrected chi connectivity index (χ3v) is 2.64. The zero-order valence-corrected chi connectivity index (χ0v) is 8.82. The van der Waals surface area contributed by atoms with Crippen LogP contribution in [0, 0.1) is 0 Å². The van der Waals surface area contributed by atoms with E-state index in [1.54, 1.807) is 6.33 Å². The lowest BCUT2D eigenvalue weighted by Gasteiger charge is -2.05. The fourth-order valence-electron chi connectivity index (χ4n) is 1.25. The van der Waals surface area contributed by atoms with Gasteiger partial charge in [0.25, 0.3) is 0 Å². The Bertz CT molecular complexity index is 433. The maximum Gasteiger partial charge on any atom is 0.131 e. The van der Waals surface area contributed by atoms with Crippen molar-refractivity contribution < 1.29 is 0 Å². The molecule has 1 atom stereocenters. The number of aromatic nitrogens is 2. The van der Waals surface area contributed by atoms with Gasteiger partial charge < -0.3 is 10.1 Å². The quantitative estimate of drug-likeness (QED) is 0.829. The Labute approximate surface area is 84.7 Å². The SMILES string of the molecule is CC(N)c1ccc2c(Br)ncn2c1. The Morgan fingerprint density at radius 3 is 3.00 bits per heavy atom. The minimum atomic E-state index is 0.0607. The number of halogens is 1. The predicted molar refractivity (Wildman–Crippen MR) is 55.5 cm³/mol. The average molecular weight is 240 g/mol. The van der Waals surface area contributed by atoms with Crippen molar-refractivity contribution in [2.24, 2.45) is 5.73 Å². The van der Waals surface area contributed by atoms with Gasteiger partial charge in [0.05, 0.1) is 5.52 Å². The molecule has 2 rings (SSSR count). The molecule has 0 aliphatic rings. The van der Waals surface area contributed by atoms with Gasteiger partial charge in [-0.05, 0) is 34.5 Å². The van der Waals surface area contributed by atoms with Crippen molar-refractivity contribution >= 4 is 21.4 Å². The standard InChI is InChI=1S/C9H10BrN3/c1-6(11)7-2-3-8-9(10)12-5-13(8)4-7/h2-6H,11H2,1H3. The number of hydrogen-bond acceptors (Lipinski definition) is 2. The van der Waals surface area contributed by atoms with Crippen LogP contribution in [0.25, 0.3) is 5.52 Å². The molecule has 68 valence electrons. The number of rotatable bonds is 1. The predicted octanol–water partition coefficient (Wildman–Crippen LogP) is 2.12. The maximum absolute atomic E-state index is 5.77. The van der Waals surface area contributed by atoms with Crippen molar-refractivity contribution in [3.8, 4) is 0 Å². The van der Waals surface area contributed by atoms with Crippen molar-refractivity contribution in [2.75, 3.05) is 0 Å². The first kappa shape index (κ1) is 8.72. The first-order valence-electron chi connectivity index (χ1n) is 4.06. The van der Waals surface area contributed by atoms with Crippen LogP contribution in [0.3, 0.4) is 0 Å². The van der Waals surface area contributed by atoms with E-state index in [0.29, 0.717) is 0 Å². The lowest BCUT2D eigenvalue weighted by Crippen LogP contribution is -2.05. The molecule has 0 aliphatic heterocycles. The fourth-order valence-corrected chi connectivity index (χ4v) is 1.68. The highest BCUT2D eigenvalue weighted by molar-refractivity contribution is 9.10. The molecule has 13 heavy (non-hydrogen) atoms. The highest BCUT2D eigenvalue weighted by Crippen LogP contribution is 2.18. The van der Waals surface area contributed by atoms with Crippen LogP contribution in [0.5, 0.6) is 0 Å². The highest BCUT2D eigenvalue weighted by Gasteiger charge is 2.03. The minimum absolute atomic E-state index is 0.0607. The van der Waals surface area contributed by atoms with Crippen molar-refractivity contribution in [1.29, 1.82) is 0 Å². The van der Waals surface area contributed by atoms with Crippen LogP contribution < -0.4 is 5.73 Å². The summed E-state index contributed by atoms with van der Waals surface area (Å²) in [5, 5.41) is 0. The summed E-state index contributed by atoms with van der Waals surface area (Å²) in [6.45, 7) is 1.97. The van der Waals surface area contributed by atoms with Crippen molar-refractivity contribution in [2.45, 2.75) is 13.0 Å². The second-order valence-corrected chi connectivity index (χ2v) is 3.83. The first-order chi connectivity index (χ1) is 6.18. The molecule has 2 aromatic rings. The van der Waals surface area contributed by atoms with Gasteiger partial charge in [0.2, 0.25) is 0 Å². The molecule has 0 aromatic carbocycles. The van der Waals surface area contributed by atoms with Gasteiger partial charge in [-0.3, -0.25) is 0 Å². The number of pyridine rings is 1. The summed E-state index contributed by atoms with van der Waals surface area (Å²) in [4.78, 5) is 4.14. The fraction of sp³-hybridized carbons (Fsp3) is 0.222. The first-order valence-corrected chi connectivity index (χ1v) is 4.85. The molecule has 0 saturated carbocycles. The van der Waals surface area contributed by atoms with E-state index in [2.05, 4.69) is 20.9 Å². The van der Waals surface area contributed by atoms with Crippen LogP contribution in [-0.2, 0) is 0 Å². The summed E-state index contributed by atoms with van der Waals surface area (Å²) in [5.74, 6) is 0. The van der Waals surface area contributed by atoms with Gasteiger partial charge in [-0.1, -0.05) is 6.07 Å². The Kier molecular flexibility index (Phi) is 2.09.